The summed E-state index contributed by atoms with van der Waals surface area (Å²) >= 11 is 0. The van der Waals surface area contributed by atoms with Gasteiger partial charge < -0.3 is 15.8 Å². The van der Waals surface area contributed by atoms with Gasteiger partial charge in [0, 0.05) is 5.69 Å². The molecule has 0 heterocycles. The van der Waals surface area contributed by atoms with Gasteiger partial charge in [0.25, 0.3) is 0 Å². The van der Waals surface area contributed by atoms with Crippen LogP contribution in [-0.4, -0.2) is 18.6 Å². The Bertz CT molecular complexity index is 596. The third kappa shape index (κ3) is 5.18. The molecule has 2 rings (SSSR count). The van der Waals surface area contributed by atoms with E-state index in [9.17, 15) is 0 Å². The van der Waals surface area contributed by atoms with E-state index in [1.165, 1.54) is 5.56 Å². The van der Waals surface area contributed by atoms with Crippen LogP contribution in [0.3, 0.4) is 0 Å². The number of hydrogen-bond donors (Lipinski definition) is 2. The lowest BCUT2D eigenvalue weighted by atomic mass is 10.2. The number of ether oxygens (including phenoxy) is 1. The highest BCUT2D eigenvalue weighted by molar-refractivity contribution is 5.92. The number of anilines is 1. The highest BCUT2D eigenvalue weighted by Gasteiger charge is 2.03. The van der Waals surface area contributed by atoms with E-state index in [2.05, 4.69) is 10.3 Å². The van der Waals surface area contributed by atoms with Gasteiger partial charge in [-0.05, 0) is 43.7 Å². The van der Waals surface area contributed by atoms with Gasteiger partial charge in [0.05, 0.1) is 6.54 Å². The molecule has 1 unspecified atom stereocenters. The first kappa shape index (κ1) is 14.9. The van der Waals surface area contributed by atoms with Crippen molar-refractivity contribution in [3.63, 3.8) is 0 Å². The van der Waals surface area contributed by atoms with Crippen LogP contribution in [0.1, 0.15) is 12.5 Å². The predicted molar refractivity (Wildman–Crippen MR) is 87.8 cm³/mol. The number of aryl methyl sites for hydroxylation is 1. The van der Waals surface area contributed by atoms with Gasteiger partial charge >= 0.3 is 0 Å². The highest BCUT2D eigenvalue weighted by atomic mass is 16.5. The Kier molecular flexibility index (Phi) is 5.21. The summed E-state index contributed by atoms with van der Waals surface area (Å²) in [5, 5.41) is 3.07. The number of rotatable bonds is 5. The van der Waals surface area contributed by atoms with Crippen molar-refractivity contribution in [2.45, 2.75) is 20.0 Å². The minimum atomic E-state index is -0.0368. The van der Waals surface area contributed by atoms with Gasteiger partial charge in [-0.2, -0.15) is 0 Å². The van der Waals surface area contributed by atoms with Crippen LogP contribution >= 0.6 is 0 Å². The maximum Gasteiger partial charge on any atom is 0.193 e. The maximum atomic E-state index is 5.88. The van der Waals surface area contributed by atoms with E-state index in [-0.39, 0.29) is 6.10 Å². The molecule has 0 amide bonds. The molecule has 0 saturated carbocycles. The topological polar surface area (TPSA) is 59.6 Å². The van der Waals surface area contributed by atoms with Crippen LogP contribution in [0.5, 0.6) is 5.75 Å². The molecule has 2 aromatic rings. The summed E-state index contributed by atoms with van der Waals surface area (Å²) in [4.78, 5) is 4.30. The van der Waals surface area contributed by atoms with Crippen LogP contribution in [0.2, 0.25) is 0 Å². The van der Waals surface area contributed by atoms with Crippen LogP contribution in [0.25, 0.3) is 0 Å². The minimum absolute atomic E-state index is 0.0368. The second kappa shape index (κ2) is 7.33. The summed E-state index contributed by atoms with van der Waals surface area (Å²) in [6.07, 6.45) is -0.0368. The van der Waals surface area contributed by atoms with Gasteiger partial charge in [0.15, 0.2) is 5.96 Å². The molecule has 21 heavy (non-hydrogen) atoms. The van der Waals surface area contributed by atoms with Gasteiger partial charge in [0.2, 0.25) is 0 Å². The minimum Gasteiger partial charge on any atom is -0.489 e. The molecule has 0 saturated heterocycles. The van der Waals surface area contributed by atoms with Gasteiger partial charge in [0.1, 0.15) is 11.9 Å². The van der Waals surface area contributed by atoms with Gasteiger partial charge in [-0.15, -0.1) is 0 Å². The maximum absolute atomic E-state index is 5.88. The number of hydrogen-bond acceptors (Lipinski definition) is 2. The van der Waals surface area contributed by atoms with E-state index in [1.54, 1.807) is 0 Å². The molecule has 0 bridgehead atoms. The largest absolute Gasteiger partial charge is 0.489 e. The molecule has 0 aliphatic carbocycles. The van der Waals surface area contributed by atoms with Gasteiger partial charge in [-0.25, -0.2) is 4.99 Å². The predicted octanol–water partition coefficient (Wildman–Crippen LogP) is 3.19. The van der Waals surface area contributed by atoms with Gasteiger partial charge in [-0.1, -0.05) is 30.3 Å². The number of aliphatic imine (C=N–C) groups is 1. The van der Waals surface area contributed by atoms with Crippen molar-refractivity contribution >= 4 is 11.6 Å². The first-order chi connectivity index (χ1) is 10.1. The lowest BCUT2D eigenvalue weighted by molar-refractivity contribution is 0.230. The van der Waals surface area contributed by atoms with Crippen molar-refractivity contribution in [3.8, 4) is 5.75 Å². The molecule has 110 valence electrons. The first-order valence-electron chi connectivity index (χ1n) is 6.99. The molecule has 0 spiro atoms. The van der Waals surface area contributed by atoms with Crippen molar-refractivity contribution in [2.24, 2.45) is 10.7 Å². The van der Waals surface area contributed by atoms with Crippen molar-refractivity contribution in [1.82, 2.24) is 0 Å². The quantitative estimate of drug-likeness (QED) is 0.654. The Morgan fingerprint density at radius 1 is 1.19 bits per heavy atom. The fraction of sp³-hybridized carbons (Fsp3) is 0.235. The highest BCUT2D eigenvalue weighted by Crippen LogP contribution is 2.11. The molecule has 0 radical (unpaired) electrons. The Morgan fingerprint density at radius 3 is 2.67 bits per heavy atom. The molecule has 0 aliphatic rings. The van der Waals surface area contributed by atoms with Crippen LogP contribution in [0.4, 0.5) is 5.69 Å². The fourth-order valence-electron chi connectivity index (χ4n) is 1.91. The average Bonchev–Trinajstić information content (AvgIpc) is 2.46. The third-order valence-corrected chi connectivity index (χ3v) is 2.89. The zero-order valence-electron chi connectivity index (χ0n) is 12.4. The smallest absolute Gasteiger partial charge is 0.193 e. The zero-order valence-corrected chi connectivity index (χ0v) is 12.4. The van der Waals surface area contributed by atoms with Crippen LogP contribution in [0.15, 0.2) is 59.6 Å². The molecule has 1 atom stereocenters. The van der Waals surface area contributed by atoms with E-state index in [0.29, 0.717) is 12.5 Å². The van der Waals surface area contributed by atoms with Gasteiger partial charge in [-0.3, -0.25) is 0 Å². The standard InChI is InChI=1S/C17H21N3O/c1-13-7-6-8-15(11-13)20-17(18)19-12-14(2)21-16-9-4-3-5-10-16/h3-11,14H,12H2,1-2H3,(H3,18,19,20). The summed E-state index contributed by atoms with van der Waals surface area (Å²) in [6, 6.07) is 17.7. The second-order valence-electron chi connectivity index (χ2n) is 4.96. The number of nitrogens with zero attached hydrogens (tertiary/aromatic N) is 1. The van der Waals surface area contributed by atoms with E-state index >= 15 is 0 Å². The molecule has 0 fully saturated rings. The summed E-state index contributed by atoms with van der Waals surface area (Å²) in [5.74, 6) is 1.23. The molecule has 2 aromatic carbocycles. The zero-order chi connectivity index (χ0) is 15.1. The molecule has 4 heteroatoms. The summed E-state index contributed by atoms with van der Waals surface area (Å²) in [7, 11) is 0. The van der Waals surface area contributed by atoms with E-state index in [4.69, 9.17) is 10.5 Å². The average molecular weight is 283 g/mol. The molecule has 0 aliphatic heterocycles. The molecular weight excluding hydrogens is 262 g/mol. The molecular formula is C17H21N3O. The Hall–Kier alpha value is -2.49. The summed E-state index contributed by atoms with van der Waals surface area (Å²) in [5.41, 5.74) is 7.99. The van der Waals surface area contributed by atoms with Crippen LogP contribution < -0.4 is 15.8 Å². The fourth-order valence-corrected chi connectivity index (χ4v) is 1.91. The van der Waals surface area contributed by atoms with Crippen molar-refractivity contribution in [2.75, 3.05) is 11.9 Å². The second-order valence-corrected chi connectivity index (χ2v) is 4.96. The van der Waals surface area contributed by atoms with E-state index in [1.807, 2.05) is 68.4 Å². The van der Waals surface area contributed by atoms with E-state index in [0.717, 1.165) is 11.4 Å². The van der Waals surface area contributed by atoms with Crippen LogP contribution in [0, 0.1) is 6.92 Å². The normalized spacial score (nSPS) is 12.8. The Morgan fingerprint density at radius 2 is 1.95 bits per heavy atom. The SMILES string of the molecule is Cc1cccc(NC(N)=NCC(C)Oc2ccccc2)c1. The first-order valence-corrected chi connectivity index (χ1v) is 6.99. The summed E-state index contributed by atoms with van der Waals surface area (Å²) in [6.45, 7) is 4.50. The monoisotopic (exact) mass is 283 g/mol. The number of nitrogens with two attached hydrogens (primary N) is 1. The van der Waals surface area contributed by atoms with Crippen LogP contribution in [-0.2, 0) is 0 Å². The summed E-state index contributed by atoms with van der Waals surface area (Å²) < 4.78 is 5.74. The molecule has 3 N–H and O–H groups in total. The number of nitrogens with one attached hydrogen (secondary N) is 1. The Labute approximate surface area is 125 Å². The molecule has 4 nitrogen and oxygen atoms in total. The lowest BCUT2D eigenvalue weighted by Gasteiger charge is -2.13. The molecule has 0 aromatic heterocycles. The van der Waals surface area contributed by atoms with E-state index < -0.39 is 0 Å². The Balaban J connectivity index is 1.85. The lowest BCUT2D eigenvalue weighted by Crippen LogP contribution is -2.25. The van der Waals surface area contributed by atoms with Crippen molar-refractivity contribution in [1.29, 1.82) is 0 Å². The number of para-hydroxylation sites is 1. The van der Waals surface area contributed by atoms with Crippen molar-refractivity contribution < 1.29 is 4.74 Å². The van der Waals surface area contributed by atoms with Crippen molar-refractivity contribution in [3.05, 3.63) is 60.2 Å². The number of guanidine groups is 1. The number of benzene rings is 2. The third-order valence-electron chi connectivity index (χ3n) is 2.89.